The Kier molecular flexibility index (Phi) is 3.71. The van der Waals surface area contributed by atoms with E-state index in [4.69, 9.17) is 11.6 Å². The highest BCUT2D eigenvalue weighted by molar-refractivity contribution is 6.30. The maximum Gasteiger partial charge on any atom is 0.418 e. The lowest BCUT2D eigenvalue weighted by molar-refractivity contribution is -0.136. The molecular formula is C12H8ClF3N2O2. The molecule has 8 heteroatoms. The van der Waals surface area contributed by atoms with Crippen molar-refractivity contribution in [2.24, 2.45) is 0 Å². The third-order valence-corrected chi connectivity index (χ3v) is 2.63. The molecule has 0 saturated carbocycles. The minimum Gasteiger partial charge on any atom is -0.361 e. The molecule has 0 aliphatic rings. The molecule has 1 amide bonds. The van der Waals surface area contributed by atoms with E-state index >= 15 is 0 Å². The Morgan fingerprint density at radius 3 is 2.60 bits per heavy atom. The molecule has 1 heterocycles. The minimum atomic E-state index is -4.63. The number of nitrogens with one attached hydrogen (secondary N) is 1. The lowest BCUT2D eigenvalue weighted by atomic mass is 10.1. The third-order valence-electron chi connectivity index (χ3n) is 2.40. The van der Waals surface area contributed by atoms with Gasteiger partial charge in [-0.1, -0.05) is 16.8 Å². The first-order chi connectivity index (χ1) is 9.27. The summed E-state index contributed by atoms with van der Waals surface area (Å²) in [5.74, 6) is -0.419. The summed E-state index contributed by atoms with van der Waals surface area (Å²) in [7, 11) is 0. The van der Waals surface area contributed by atoms with Crippen LogP contribution in [0.2, 0.25) is 5.02 Å². The molecule has 0 fully saturated rings. The summed E-state index contributed by atoms with van der Waals surface area (Å²) >= 11 is 5.54. The lowest BCUT2D eigenvalue weighted by Gasteiger charge is -2.13. The van der Waals surface area contributed by atoms with Gasteiger partial charge in [0, 0.05) is 11.1 Å². The van der Waals surface area contributed by atoms with Crippen LogP contribution in [0, 0.1) is 6.92 Å². The lowest BCUT2D eigenvalue weighted by Crippen LogP contribution is -2.17. The van der Waals surface area contributed by atoms with Crippen LogP contribution in [0.3, 0.4) is 0 Å². The molecule has 2 aromatic rings. The van der Waals surface area contributed by atoms with Crippen LogP contribution >= 0.6 is 11.6 Å². The first-order valence-electron chi connectivity index (χ1n) is 5.39. The van der Waals surface area contributed by atoms with Crippen molar-refractivity contribution in [1.82, 2.24) is 5.16 Å². The molecule has 2 rings (SSSR count). The largest absolute Gasteiger partial charge is 0.418 e. The molecule has 1 aromatic heterocycles. The smallest absolute Gasteiger partial charge is 0.361 e. The fourth-order valence-corrected chi connectivity index (χ4v) is 1.69. The molecule has 0 radical (unpaired) electrons. The third kappa shape index (κ3) is 3.11. The van der Waals surface area contributed by atoms with Crippen molar-refractivity contribution < 1.29 is 22.5 Å². The molecule has 106 valence electrons. The van der Waals surface area contributed by atoms with Crippen molar-refractivity contribution in [2.45, 2.75) is 13.1 Å². The van der Waals surface area contributed by atoms with Crippen LogP contribution in [-0.4, -0.2) is 11.1 Å². The Morgan fingerprint density at radius 1 is 1.35 bits per heavy atom. The molecule has 0 spiro atoms. The fraction of sp³-hybridized carbons (Fsp3) is 0.167. The molecule has 4 nitrogen and oxygen atoms in total. The van der Waals surface area contributed by atoms with E-state index in [1.807, 2.05) is 0 Å². The van der Waals surface area contributed by atoms with Gasteiger partial charge in [-0.3, -0.25) is 4.79 Å². The number of halogens is 4. The van der Waals surface area contributed by atoms with Gasteiger partial charge in [0.2, 0.25) is 0 Å². The monoisotopic (exact) mass is 304 g/mol. The Labute approximate surface area is 116 Å². The van der Waals surface area contributed by atoms with E-state index < -0.39 is 23.3 Å². The molecule has 20 heavy (non-hydrogen) atoms. The highest BCUT2D eigenvalue weighted by Gasteiger charge is 2.34. The minimum absolute atomic E-state index is 0.0763. The first-order valence-corrected chi connectivity index (χ1v) is 5.76. The molecule has 0 saturated heterocycles. The number of hydrogen-bond acceptors (Lipinski definition) is 3. The standard InChI is InChI=1S/C12H8ClF3N2O2/c1-6-4-10(18-20-6)11(19)17-9-3-2-7(13)5-8(9)12(14,15)16/h2-5H,1H3,(H,17,19). The number of nitrogens with zero attached hydrogens (tertiary/aromatic N) is 1. The zero-order valence-electron chi connectivity index (χ0n) is 10.1. The Bertz CT molecular complexity index is 652. The van der Waals surface area contributed by atoms with Gasteiger partial charge in [0.15, 0.2) is 5.69 Å². The highest BCUT2D eigenvalue weighted by atomic mass is 35.5. The second kappa shape index (κ2) is 5.16. The average molecular weight is 305 g/mol. The van der Waals surface area contributed by atoms with Crippen molar-refractivity contribution >= 4 is 23.2 Å². The highest BCUT2D eigenvalue weighted by Crippen LogP contribution is 2.36. The summed E-state index contributed by atoms with van der Waals surface area (Å²) in [6.07, 6.45) is -4.63. The second-order valence-electron chi connectivity index (χ2n) is 3.96. The van der Waals surface area contributed by atoms with Crippen LogP contribution < -0.4 is 5.32 Å². The van der Waals surface area contributed by atoms with Gasteiger partial charge in [0.25, 0.3) is 5.91 Å². The molecule has 1 aromatic carbocycles. The van der Waals surface area contributed by atoms with E-state index in [2.05, 4.69) is 15.0 Å². The summed E-state index contributed by atoms with van der Waals surface area (Å²) < 4.78 is 43.2. The number of amides is 1. The quantitative estimate of drug-likeness (QED) is 0.915. The maximum absolute atomic E-state index is 12.8. The Morgan fingerprint density at radius 2 is 2.05 bits per heavy atom. The molecular weight excluding hydrogens is 297 g/mol. The molecule has 0 atom stereocenters. The zero-order valence-corrected chi connectivity index (χ0v) is 10.8. The van der Waals surface area contributed by atoms with Gasteiger partial charge in [-0.15, -0.1) is 0 Å². The molecule has 0 bridgehead atoms. The van der Waals surface area contributed by atoms with Crippen molar-refractivity contribution in [3.63, 3.8) is 0 Å². The molecule has 0 aliphatic carbocycles. The Hall–Kier alpha value is -2.02. The number of aromatic nitrogens is 1. The van der Waals surface area contributed by atoms with Crippen LogP contribution in [0.25, 0.3) is 0 Å². The number of carbonyl (C=O) groups is 1. The number of benzene rings is 1. The van der Waals surface area contributed by atoms with Gasteiger partial charge in [0.05, 0.1) is 11.3 Å². The number of carbonyl (C=O) groups excluding carboxylic acids is 1. The van der Waals surface area contributed by atoms with E-state index in [0.717, 1.165) is 12.1 Å². The number of aryl methyl sites for hydroxylation is 1. The summed E-state index contributed by atoms with van der Waals surface area (Å²) in [6, 6.07) is 4.39. The van der Waals surface area contributed by atoms with E-state index in [1.165, 1.54) is 12.1 Å². The van der Waals surface area contributed by atoms with Gasteiger partial charge < -0.3 is 9.84 Å². The van der Waals surface area contributed by atoms with Crippen LogP contribution in [-0.2, 0) is 6.18 Å². The van der Waals surface area contributed by atoms with E-state index in [9.17, 15) is 18.0 Å². The first kappa shape index (κ1) is 14.4. The number of anilines is 1. The van der Waals surface area contributed by atoms with E-state index in [-0.39, 0.29) is 10.7 Å². The SMILES string of the molecule is Cc1cc(C(=O)Nc2ccc(Cl)cc2C(F)(F)F)no1. The normalized spacial score (nSPS) is 11.4. The van der Waals surface area contributed by atoms with E-state index in [1.54, 1.807) is 6.92 Å². The van der Waals surface area contributed by atoms with Gasteiger partial charge in [-0.05, 0) is 25.1 Å². The van der Waals surface area contributed by atoms with Crippen molar-refractivity contribution in [1.29, 1.82) is 0 Å². The van der Waals surface area contributed by atoms with Gasteiger partial charge >= 0.3 is 6.18 Å². The van der Waals surface area contributed by atoms with Gasteiger partial charge in [-0.2, -0.15) is 13.2 Å². The van der Waals surface area contributed by atoms with Crippen molar-refractivity contribution in [3.05, 3.63) is 46.3 Å². The van der Waals surface area contributed by atoms with Crippen LogP contribution in [0.5, 0.6) is 0 Å². The van der Waals surface area contributed by atoms with Crippen molar-refractivity contribution in [2.75, 3.05) is 5.32 Å². The fourth-order valence-electron chi connectivity index (χ4n) is 1.52. The maximum atomic E-state index is 12.8. The zero-order chi connectivity index (χ0) is 14.9. The average Bonchev–Trinajstić information content (AvgIpc) is 2.77. The van der Waals surface area contributed by atoms with Crippen LogP contribution in [0.1, 0.15) is 21.8 Å². The number of hydrogen-bond donors (Lipinski definition) is 1. The number of alkyl halides is 3. The van der Waals surface area contributed by atoms with Gasteiger partial charge in [-0.25, -0.2) is 0 Å². The van der Waals surface area contributed by atoms with E-state index in [0.29, 0.717) is 5.76 Å². The Balaban J connectivity index is 2.32. The van der Waals surface area contributed by atoms with Crippen molar-refractivity contribution in [3.8, 4) is 0 Å². The molecule has 0 unspecified atom stereocenters. The predicted octanol–water partition coefficient (Wildman–Crippen LogP) is 3.91. The molecule has 1 N–H and O–H groups in total. The summed E-state index contributed by atoms with van der Waals surface area (Å²) in [5.41, 5.74) is -1.53. The summed E-state index contributed by atoms with van der Waals surface area (Å²) in [4.78, 5) is 11.8. The molecule has 0 aliphatic heterocycles. The summed E-state index contributed by atoms with van der Waals surface area (Å²) in [6.45, 7) is 1.56. The number of rotatable bonds is 2. The van der Waals surface area contributed by atoms with Crippen LogP contribution in [0.15, 0.2) is 28.8 Å². The topological polar surface area (TPSA) is 55.1 Å². The van der Waals surface area contributed by atoms with Gasteiger partial charge in [0.1, 0.15) is 5.76 Å². The van der Waals surface area contributed by atoms with Crippen LogP contribution in [0.4, 0.5) is 18.9 Å². The summed E-state index contributed by atoms with van der Waals surface area (Å²) in [5, 5.41) is 5.48. The second-order valence-corrected chi connectivity index (χ2v) is 4.40. The predicted molar refractivity (Wildman–Crippen MR) is 65.6 cm³/mol.